The maximum Gasteiger partial charge on any atom is 0.344 e. The van der Waals surface area contributed by atoms with Crippen LogP contribution in [0.1, 0.15) is 19.4 Å². The highest BCUT2D eigenvalue weighted by Gasteiger charge is 2.34. The third-order valence-corrected chi connectivity index (χ3v) is 5.93. The third-order valence-electron chi connectivity index (χ3n) is 4.62. The van der Waals surface area contributed by atoms with Gasteiger partial charge in [0.1, 0.15) is 0 Å². The van der Waals surface area contributed by atoms with E-state index >= 15 is 0 Å². The van der Waals surface area contributed by atoms with Gasteiger partial charge in [-0.25, -0.2) is 4.79 Å². The van der Waals surface area contributed by atoms with Crippen LogP contribution in [0.3, 0.4) is 0 Å². The van der Waals surface area contributed by atoms with Gasteiger partial charge in [0.2, 0.25) is 6.79 Å². The monoisotopic (exact) mass is 473 g/mol. The molecule has 2 heterocycles. The smallest absolute Gasteiger partial charge is 0.344 e. The lowest BCUT2D eigenvalue weighted by Crippen LogP contribution is -2.27. The number of nitrogens with zero attached hydrogens (tertiary/aromatic N) is 1. The third kappa shape index (κ3) is 4.37. The van der Waals surface area contributed by atoms with Crippen molar-refractivity contribution in [3.63, 3.8) is 0 Å². The van der Waals surface area contributed by atoms with Gasteiger partial charge in [-0.3, -0.25) is 9.69 Å². The van der Waals surface area contributed by atoms with Crippen LogP contribution in [-0.4, -0.2) is 40.8 Å². The van der Waals surface area contributed by atoms with Gasteiger partial charge < -0.3 is 24.1 Å². The number of thioether (sulfide) groups is 1. The number of thiocarbonyl (C=S) groups is 1. The fourth-order valence-electron chi connectivity index (χ4n) is 3.09. The van der Waals surface area contributed by atoms with Crippen molar-refractivity contribution in [1.29, 1.82) is 0 Å². The first-order chi connectivity index (χ1) is 15.4. The van der Waals surface area contributed by atoms with Crippen LogP contribution in [0.15, 0.2) is 41.3 Å². The quantitative estimate of drug-likeness (QED) is 0.472. The van der Waals surface area contributed by atoms with E-state index in [9.17, 15) is 9.59 Å². The zero-order valence-corrected chi connectivity index (χ0v) is 18.8. The molecule has 10 heteroatoms. The van der Waals surface area contributed by atoms with Crippen molar-refractivity contribution in [3.05, 3.63) is 46.9 Å². The SMILES string of the molecule is CCOc1cc(/C=C2/SC(=S)N(c3ccc4c(c3)OCO4)C2=O)ccc1OC(C)C(=O)O. The Balaban J connectivity index is 1.59. The summed E-state index contributed by atoms with van der Waals surface area (Å²) >= 11 is 6.63. The van der Waals surface area contributed by atoms with Crippen molar-refractivity contribution in [2.45, 2.75) is 20.0 Å². The molecule has 2 aliphatic heterocycles. The summed E-state index contributed by atoms with van der Waals surface area (Å²) in [6.45, 7) is 3.76. The standard InChI is InChI=1S/C22H19NO7S2/c1-3-27-17-8-13(4-6-16(17)30-12(2)21(25)26)9-19-20(24)23(22(31)32-19)14-5-7-15-18(10-14)29-11-28-15/h4-10,12H,3,11H2,1-2H3,(H,25,26)/b19-9+. The van der Waals surface area contributed by atoms with E-state index in [1.165, 1.54) is 23.6 Å². The molecule has 1 saturated heterocycles. The minimum absolute atomic E-state index is 0.143. The van der Waals surface area contributed by atoms with Crippen LogP contribution in [0.25, 0.3) is 6.08 Å². The lowest BCUT2D eigenvalue weighted by molar-refractivity contribution is -0.144. The Kier molecular flexibility index (Phi) is 6.24. The Hall–Kier alpha value is -3.24. The predicted molar refractivity (Wildman–Crippen MR) is 124 cm³/mol. The van der Waals surface area contributed by atoms with Gasteiger partial charge in [0.15, 0.2) is 33.4 Å². The maximum atomic E-state index is 13.1. The molecule has 2 aromatic carbocycles. The Morgan fingerprint density at radius 3 is 2.78 bits per heavy atom. The Morgan fingerprint density at radius 1 is 1.25 bits per heavy atom. The average Bonchev–Trinajstić information content (AvgIpc) is 3.33. The number of aliphatic carboxylic acids is 1. The number of fused-ring (bicyclic) bond motifs is 1. The molecule has 0 saturated carbocycles. The number of anilines is 1. The summed E-state index contributed by atoms with van der Waals surface area (Å²) in [4.78, 5) is 26.1. The molecule has 4 rings (SSSR count). The fraction of sp³-hybridized carbons (Fsp3) is 0.227. The van der Waals surface area contributed by atoms with Crippen LogP contribution in [0.4, 0.5) is 5.69 Å². The van der Waals surface area contributed by atoms with Crippen LogP contribution in [0, 0.1) is 0 Å². The van der Waals surface area contributed by atoms with Gasteiger partial charge in [0, 0.05) is 6.07 Å². The average molecular weight is 474 g/mol. The first kappa shape index (κ1) is 22.0. The van der Waals surface area contributed by atoms with Crippen molar-refractivity contribution in [2.75, 3.05) is 18.3 Å². The Bertz CT molecular complexity index is 1130. The number of carbonyl (C=O) groups excluding carboxylic acids is 1. The van der Waals surface area contributed by atoms with Gasteiger partial charge >= 0.3 is 5.97 Å². The van der Waals surface area contributed by atoms with E-state index in [-0.39, 0.29) is 12.7 Å². The summed E-state index contributed by atoms with van der Waals surface area (Å²) in [5.74, 6) is 0.554. The van der Waals surface area contributed by atoms with Crippen molar-refractivity contribution >= 4 is 51.9 Å². The summed E-state index contributed by atoms with van der Waals surface area (Å²) in [6.07, 6.45) is 0.678. The fourth-order valence-corrected chi connectivity index (χ4v) is 4.39. The maximum absolute atomic E-state index is 13.1. The van der Waals surface area contributed by atoms with E-state index in [1.807, 2.05) is 6.92 Å². The topological polar surface area (TPSA) is 94.5 Å². The van der Waals surface area contributed by atoms with Crippen LogP contribution in [-0.2, 0) is 9.59 Å². The van der Waals surface area contributed by atoms with Crippen LogP contribution >= 0.6 is 24.0 Å². The molecule has 0 aliphatic carbocycles. The summed E-state index contributed by atoms with van der Waals surface area (Å²) in [7, 11) is 0. The van der Waals surface area contributed by atoms with E-state index in [1.54, 1.807) is 42.5 Å². The minimum Gasteiger partial charge on any atom is -0.490 e. The van der Waals surface area contributed by atoms with Crippen molar-refractivity contribution in [2.24, 2.45) is 0 Å². The molecule has 2 aliphatic rings. The normalized spacial score (nSPS) is 17.1. The highest BCUT2D eigenvalue weighted by molar-refractivity contribution is 8.27. The lowest BCUT2D eigenvalue weighted by atomic mass is 10.1. The number of carboxylic acid groups (broad SMARTS) is 1. The van der Waals surface area contributed by atoms with Crippen LogP contribution in [0.2, 0.25) is 0 Å². The molecular formula is C22H19NO7S2. The molecule has 0 bridgehead atoms. The van der Waals surface area contributed by atoms with Gasteiger partial charge in [0.05, 0.1) is 17.2 Å². The van der Waals surface area contributed by atoms with E-state index in [2.05, 4.69) is 0 Å². The van der Waals surface area contributed by atoms with Gasteiger partial charge in [-0.15, -0.1) is 0 Å². The van der Waals surface area contributed by atoms with Gasteiger partial charge in [-0.1, -0.05) is 30.0 Å². The van der Waals surface area contributed by atoms with Crippen LogP contribution < -0.4 is 23.8 Å². The molecule has 8 nitrogen and oxygen atoms in total. The van der Waals surface area contributed by atoms with Gasteiger partial charge in [0.25, 0.3) is 5.91 Å². The van der Waals surface area contributed by atoms with Crippen molar-refractivity contribution < 1.29 is 33.6 Å². The number of benzene rings is 2. The molecule has 166 valence electrons. The van der Waals surface area contributed by atoms with Crippen molar-refractivity contribution in [3.8, 4) is 23.0 Å². The Labute approximate surface area is 193 Å². The zero-order chi connectivity index (χ0) is 22.8. The van der Waals surface area contributed by atoms with Gasteiger partial charge in [-0.2, -0.15) is 0 Å². The predicted octanol–water partition coefficient (Wildman–Crippen LogP) is 4.07. The number of hydrogen-bond donors (Lipinski definition) is 1. The molecule has 1 atom stereocenters. The molecule has 1 N–H and O–H groups in total. The number of hydrogen-bond acceptors (Lipinski definition) is 8. The number of ether oxygens (including phenoxy) is 4. The largest absolute Gasteiger partial charge is 0.490 e. The highest BCUT2D eigenvalue weighted by atomic mass is 32.2. The second-order valence-electron chi connectivity index (χ2n) is 6.79. The first-order valence-corrected chi connectivity index (χ1v) is 10.9. The first-order valence-electron chi connectivity index (χ1n) is 9.71. The summed E-state index contributed by atoms with van der Waals surface area (Å²) in [5.41, 5.74) is 1.29. The molecule has 1 unspecified atom stereocenters. The molecule has 1 fully saturated rings. The second-order valence-corrected chi connectivity index (χ2v) is 8.47. The van der Waals surface area contributed by atoms with E-state index in [4.69, 9.17) is 36.3 Å². The number of carbonyl (C=O) groups is 2. The van der Waals surface area contributed by atoms with E-state index < -0.39 is 12.1 Å². The molecule has 32 heavy (non-hydrogen) atoms. The molecule has 0 radical (unpaired) electrons. The summed E-state index contributed by atoms with van der Waals surface area (Å²) < 4.78 is 22.2. The molecule has 0 spiro atoms. The summed E-state index contributed by atoms with van der Waals surface area (Å²) in [6, 6.07) is 10.3. The van der Waals surface area contributed by atoms with E-state index in [0.29, 0.717) is 50.1 Å². The number of carboxylic acids is 1. The Morgan fingerprint density at radius 2 is 2.03 bits per heavy atom. The lowest BCUT2D eigenvalue weighted by Gasteiger charge is -2.15. The second kappa shape index (κ2) is 9.09. The van der Waals surface area contributed by atoms with Crippen molar-refractivity contribution in [1.82, 2.24) is 0 Å². The minimum atomic E-state index is -1.08. The molecule has 1 amide bonds. The summed E-state index contributed by atoms with van der Waals surface area (Å²) in [5, 5.41) is 9.09. The molecule has 2 aromatic rings. The molecular weight excluding hydrogens is 454 g/mol. The highest BCUT2D eigenvalue weighted by Crippen LogP contribution is 2.41. The number of rotatable bonds is 7. The van der Waals surface area contributed by atoms with E-state index in [0.717, 1.165) is 0 Å². The van der Waals surface area contributed by atoms with Gasteiger partial charge in [-0.05, 0) is 49.8 Å². The number of amides is 1. The van der Waals surface area contributed by atoms with Crippen LogP contribution in [0.5, 0.6) is 23.0 Å². The molecule has 0 aromatic heterocycles. The zero-order valence-electron chi connectivity index (χ0n) is 17.2.